The summed E-state index contributed by atoms with van der Waals surface area (Å²) < 4.78 is 0. The smallest absolute Gasteiger partial charge is 0.223 e. The molecule has 2 aliphatic heterocycles. The molecule has 1 spiro atoms. The number of nitrogens with one attached hydrogen (secondary N) is 1. The molecule has 2 fully saturated rings. The van der Waals surface area contributed by atoms with Gasteiger partial charge in [-0.25, -0.2) is 0 Å². The van der Waals surface area contributed by atoms with Gasteiger partial charge in [0.15, 0.2) is 0 Å². The van der Waals surface area contributed by atoms with E-state index in [2.05, 4.69) is 34.3 Å². The second kappa shape index (κ2) is 4.93. The van der Waals surface area contributed by atoms with Crippen molar-refractivity contribution in [3.63, 3.8) is 0 Å². The van der Waals surface area contributed by atoms with E-state index in [1.54, 1.807) is 0 Å². The second-order valence-corrected chi connectivity index (χ2v) is 5.53. The van der Waals surface area contributed by atoms with Crippen LogP contribution in [-0.2, 0) is 4.79 Å². The lowest BCUT2D eigenvalue weighted by molar-refractivity contribution is -0.131. The molecule has 4 nitrogen and oxygen atoms in total. The zero-order valence-electron chi connectivity index (χ0n) is 11.4. The van der Waals surface area contributed by atoms with E-state index in [1.807, 2.05) is 12.4 Å². The number of nitrogens with zero attached hydrogens (tertiary/aromatic N) is 2. The van der Waals surface area contributed by atoms with Gasteiger partial charge in [-0.1, -0.05) is 0 Å². The number of amides is 1. The average Bonchev–Trinajstić information content (AvgIpc) is 2.72. The van der Waals surface area contributed by atoms with Crippen LogP contribution in [0.15, 0.2) is 24.5 Å². The standard InChI is InChI=1S/C15H21N3O/c1-2-18-14(19)11-13(12-3-7-16-8-4-12)15(18)5-9-17-10-6-15/h3-4,7-8,13,17H,2,5-6,9-11H2,1H3. The number of aromatic nitrogens is 1. The van der Waals surface area contributed by atoms with Gasteiger partial charge in [0.05, 0.1) is 5.54 Å². The Kier molecular flexibility index (Phi) is 3.27. The highest BCUT2D eigenvalue weighted by Crippen LogP contribution is 2.47. The van der Waals surface area contributed by atoms with Gasteiger partial charge >= 0.3 is 0 Å². The predicted molar refractivity (Wildman–Crippen MR) is 73.8 cm³/mol. The molecule has 0 radical (unpaired) electrons. The van der Waals surface area contributed by atoms with Gasteiger partial charge in [0, 0.05) is 31.3 Å². The fraction of sp³-hybridized carbons (Fsp3) is 0.600. The van der Waals surface area contributed by atoms with Crippen LogP contribution in [0.3, 0.4) is 0 Å². The summed E-state index contributed by atoms with van der Waals surface area (Å²) in [6, 6.07) is 4.14. The fourth-order valence-electron chi connectivity index (χ4n) is 3.90. The highest BCUT2D eigenvalue weighted by molar-refractivity contribution is 5.81. The van der Waals surface area contributed by atoms with Crippen LogP contribution < -0.4 is 5.32 Å². The van der Waals surface area contributed by atoms with Gasteiger partial charge in [0.1, 0.15) is 0 Å². The summed E-state index contributed by atoms with van der Waals surface area (Å²) >= 11 is 0. The van der Waals surface area contributed by atoms with Crippen molar-refractivity contribution < 1.29 is 4.79 Å². The molecule has 102 valence electrons. The SMILES string of the molecule is CCN1C(=O)CC(c2ccncc2)C12CCNCC2. The molecule has 1 unspecified atom stereocenters. The maximum absolute atomic E-state index is 12.4. The Morgan fingerprint density at radius 2 is 2.05 bits per heavy atom. The Hall–Kier alpha value is -1.42. The molecule has 4 heteroatoms. The van der Waals surface area contributed by atoms with Crippen molar-refractivity contribution >= 4 is 5.91 Å². The number of piperidine rings is 1. The number of carbonyl (C=O) groups is 1. The Morgan fingerprint density at radius 1 is 1.37 bits per heavy atom. The summed E-state index contributed by atoms with van der Waals surface area (Å²) in [5, 5.41) is 3.42. The van der Waals surface area contributed by atoms with Gasteiger partial charge in [0.2, 0.25) is 5.91 Å². The first-order valence-electron chi connectivity index (χ1n) is 7.19. The number of pyridine rings is 1. The first-order valence-corrected chi connectivity index (χ1v) is 7.19. The Bertz CT molecular complexity index is 454. The van der Waals surface area contributed by atoms with Gasteiger partial charge in [-0.2, -0.15) is 0 Å². The zero-order chi connectivity index (χ0) is 13.3. The normalized spacial score (nSPS) is 26.1. The highest BCUT2D eigenvalue weighted by atomic mass is 16.2. The minimum absolute atomic E-state index is 0.0262. The van der Waals surface area contributed by atoms with E-state index in [1.165, 1.54) is 5.56 Å². The summed E-state index contributed by atoms with van der Waals surface area (Å²) in [7, 11) is 0. The third-order valence-corrected chi connectivity index (χ3v) is 4.76. The lowest BCUT2D eigenvalue weighted by Crippen LogP contribution is -2.54. The molecule has 19 heavy (non-hydrogen) atoms. The molecule has 0 saturated carbocycles. The second-order valence-electron chi connectivity index (χ2n) is 5.53. The molecule has 3 rings (SSSR count). The van der Waals surface area contributed by atoms with Crippen molar-refractivity contribution in [2.75, 3.05) is 19.6 Å². The Balaban J connectivity index is 2.00. The van der Waals surface area contributed by atoms with Crippen LogP contribution in [-0.4, -0.2) is 41.0 Å². The van der Waals surface area contributed by atoms with Crippen molar-refractivity contribution in [1.29, 1.82) is 0 Å². The topological polar surface area (TPSA) is 45.2 Å². The first kappa shape index (κ1) is 12.6. The lowest BCUT2D eigenvalue weighted by atomic mass is 9.74. The van der Waals surface area contributed by atoms with E-state index >= 15 is 0 Å². The summed E-state index contributed by atoms with van der Waals surface area (Å²) in [6.45, 7) is 4.92. The molecule has 1 aromatic rings. The van der Waals surface area contributed by atoms with E-state index in [0.29, 0.717) is 18.2 Å². The number of carbonyl (C=O) groups excluding carboxylic acids is 1. The Labute approximate surface area is 114 Å². The van der Waals surface area contributed by atoms with E-state index in [0.717, 1.165) is 32.5 Å². The number of hydrogen-bond donors (Lipinski definition) is 1. The molecule has 0 bridgehead atoms. The monoisotopic (exact) mass is 259 g/mol. The summed E-state index contributed by atoms with van der Waals surface area (Å²) in [6.07, 6.45) is 6.43. The minimum Gasteiger partial charge on any atom is -0.337 e. The molecule has 2 saturated heterocycles. The molecule has 0 aliphatic carbocycles. The largest absolute Gasteiger partial charge is 0.337 e. The van der Waals surface area contributed by atoms with Gasteiger partial charge in [-0.05, 0) is 50.6 Å². The first-order chi connectivity index (χ1) is 9.28. The van der Waals surface area contributed by atoms with Gasteiger partial charge in [0.25, 0.3) is 0 Å². The van der Waals surface area contributed by atoms with Crippen molar-refractivity contribution in [2.45, 2.75) is 37.6 Å². The summed E-state index contributed by atoms with van der Waals surface area (Å²) in [4.78, 5) is 18.6. The van der Waals surface area contributed by atoms with Crippen LogP contribution in [0.4, 0.5) is 0 Å². The molecule has 1 aromatic heterocycles. The molecule has 1 amide bonds. The number of likely N-dealkylation sites (tertiary alicyclic amines) is 1. The summed E-state index contributed by atoms with van der Waals surface area (Å²) in [5.41, 5.74) is 1.29. The molecular formula is C15H21N3O. The maximum Gasteiger partial charge on any atom is 0.223 e. The number of likely N-dealkylation sites (N-methyl/N-ethyl adjacent to an activating group) is 1. The van der Waals surface area contributed by atoms with Crippen molar-refractivity contribution in [1.82, 2.24) is 15.2 Å². The Morgan fingerprint density at radius 3 is 2.68 bits per heavy atom. The molecular weight excluding hydrogens is 238 g/mol. The van der Waals surface area contributed by atoms with Crippen LogP contribution in [0.2, 0.25) is 0 Å². The van der Waals surface area contributed by atoms with Crippen molar-refractivity contribution in [2.24, 2.45) is 0 Å². The lowest BCUT2D eigenvalue weighted by Gasteiger charge is -2.45. The number of rotatable bonds is 2. The van der Waals surface area contributed by atoms with Crippen LogP contribution in [0.1, 0.15) is 37.7 Å². The highest BCUT2D eigenvalue weighted by Gasteiger charge is 2.52. The van der Waals surface area contributed by atoms with Gasteiger partial charge in [-0.3, -0.25) is 9.78 Å². The van der Waals surface area contributed by atoms with E-state index in [9.17, 15) is 4.79 Å². The van der Waals surface area contributed by atoms with Crippen molar-refractivity contribution in [3.8, 4) is 0 Å². The predicted octanol–water partition coefficient (Wildman–Crippen LogP) is 1.54. The third-order valence-electron chi connectivity index (χ3n) is 4.76. The summed E-state index contributed by atoms with van der Waals surface area (Å²) in [5.74, 6) is 0.635. The molecule has 2 aliphatic rings. The number of hydrogen-bond acceptors (Lipinski definition) is 3. The van der Waals surface area contributed by atoms with Crippen LogP contribution >= 0.6 is 0 Å². The quantitative estimate of drug-likeness (QED) is 0.876. The van der Waals surface area contributed by atoms with E-state index in [-0.39, 0.29) is 5.54 Å². The van der Waals surface area contributed by atoms with E-state index < -0.39 is 0 Å². The van der Waals surface area contributed by atoms with Crippen molar-refractivity contribution in [3.05, 3.63) is 30.1 Å². The third kappa shape index (κ3) is 1.94. The van der Waals surface area contributed by atoms with Gasteiger partial charge < -0.3 is 10.2 Å². The van der Waals surface area contributed by atoms with Crippen LogP contribution in [0.25, 0.3) is 0 Å². The van der Waals surface area contributed by atoms with Gasteiger partial charge in [-0.15, -0.1) is 0 Å². The molecule has 1 N–H and O–H groups in total. The van der Waals surface area contributed by atoms with Crippen LogP contribution in [0, 0.1) is 0 Å². The fourth-order valence-corrected chi connectivity index (χ4v) is 3.90. The molecule has 3 heterocycles. The average molecular weight is 259 g/mol. The zero-order valence-corrected chi connectivity index (χ0v) is 11.4. The molecule has 0 aromatic carbocycles. The molecule has 1 atom stereocenters. The minimum atomic E-state index is 0.0262. The van der Waals surface area contributed by atoms with E-state index in [4.69, 9.17) is 0 Å². The van der Waals surface area contributed by atoms with Crippen LogP contribution in [0.5, 0.6) is 0 Å². The maximum atomic E-state index is 12.4.